The topological polar surface area (TPSA) is 47.0 Å². The van der Waals surface area contributed by atoms with Gasteiger partial charge >= 0.3 is 0 Å². The van der Waals surface area contributed by atoms with Crippen LogP contribution >= 0.6 is 0 Å². The van der Waals surface area contributed by atoms with Gasteiger partial charge in [0.15, 0.2) is 5.82 Å². The van der Waals surface area contributed by atoms with Gasteiger partial charge in [-0.3, -0.25) is 0 Å². The van der Waals surface area contributed by atoms with Crippen molar-refractivity contribution in [1.82, 2.24) is 9.97 Å². The molecule has 0 saturated carbocycles. The molecule has 0 aliphatic heterocycles. The molecule has 1 heterocycles. The Morgan fingerprint density at radius 3 is 2.36 bits per heavy atom. The summed E-state index contributed by atoms with van der Waals surface area (Å²) in [5.41, 5.74) is 1.91. The van der Waals surface area contributed by atoms with Crippen LogP contribution in [0.5, 0.6) is 5.75 Å². The van der Waals surface area contributed by atoms with Crippen molar-refractivity contribution < 1.29 is 4.74 Å². The van der Waals surface area contributed by atoms with Crippen LogP contribution in [0.15, 0.2) is 48.5 Å². The van der Waals surface area contributed by atoms with E-state index >= 15 is 0 Å². The van der Waals surface area contributed by atoms with Crippen LogP contribution in [0.3, 0.4) is 0 Å². The Hall–Kier alpha value is -2.62. The number of nitrogens with zero attached hydrogens (tertiary/aromatic N) is 2. The summed E-state index contributed by atoms with van der Waals surface area (Å²) in [7, 11) is 1.66. The summed E-state index contributed by atoms with van der Waals surface area (Å²) < 4.78 is 5.20. The van der Waals surface area contributed by atoms with Crippen LogP contribution in [0.25, 0.3) is 22.3 Å². The van der Waals surface area contributed by atoms with E-state index in [-0.39, 0.29) is 0 Å². The highest BCUT2D eigenvalue weighted by atomic mass is 16.5. The Morgan fingerprint density at radius 2 is 1.68 bits per heavy atom. The number of hydrogen-bond acceptors (Lipinski definition) is 4. The lowest BCUT2D eigenvalue weighted by Crippen LogP contribution is -2.12. The molecule has 1 N–H and O–H groups in total. The van der Waals surface area contributed by atoms with Gasteiger partial charge in [0.2, 0.25) is 0 Å². The summed E-state index contributed by atoms with van der Waals surface area (Å²) in [4.78, 5) is 9.38. The van der Waals surface area contributed by atoms with Crippen molar-refractivity contribution in [3.63, 3.8) is 0 Å². The summed E-state index contributed by atoms with van der Waals surface area (Å²) in [5, 5.41) is 4.44. The van der Waals surface area contributed by atoms with Gasteiger partial charge in [-0.05, 0) is 50.2 Å². The smallest absolute Gasteiger partial charge is 0.162 e. The van der Waals surface area contributed by atoms with Gasteiger partial charge in [-0.25, -0.2) is 9.97 Å². The Balaban J connectivity index is 2.12. The SMILES string of the molecule is COc1ccc(-c2nc(NC(C)C)c3ccccc3n2)cc1. The van der Waals surface area contributed by atoms with E-state index in [0.29, 0.717) is 11.9 Å². The van der Waals surface area contributed by atoms with Crippen LogP contribution in [0.1, 0.15) is 13.8 Å². The molecule has 0 atom stereocenters. The number of anilines is 1. The largest absolute Gasteiger partial charge is 0.497 e. The number of para-hydroxylation sites is 1. The van der Waals surface area contributed by atoms with Gasteiger partial charge in [0.25, 0.3) is 0 Å². The fourth-order valence-corrected chi connectivity index (χ4v) is 2.33. The third-order valence-corrected chi connectivity index (χ3v) is 3.38. The molecule has 0 saturated heterocycles. The lowest BCUT2D eigenvalue weighted by Gasteiger charge is -2.13. The highest BCUT2D eigenvalue weighted by Crippen LogP contribution is 2.26. The lowest BCUT2D eigenvalue weighted by molar-refractivity contribution is 0.415. The first kappa shape index (κ1) is 14.3. The van der Waals surface area contributed by atoms with E-state index in [9.17, 15) is 0 Å². The van der Waals surface area contributed by atoms with Gasteiger partial charge in [-0.1, -0.05) is 12.1 Å². The molecule has 0 spiro atoms. The van der Waals surface area contributed by atoms with E-state index in [0.717, 1.165) is 28.0 Å². The third kappa shape index (κ3) is 2.86. The van der Waals surface area contributed by atoms with Crippen LogP contribution in [0.2, 0.25) is 0 Å². The van der Waals surface area contributed by atoms with Crippen molar-refractivity contribution in [3.8, 4) is 17.1 Å². The minimum atomic E-state index is 0.307. The fraction of sp³-hybridized carbons (Fsp3) is 0.222. The minimum Gasteiger partial charge on any atom is -0.497 e. The van der Waals surface area contributed by atoms with Crippen LogP contribution in [-0.2, 0) is 0 Å². The van der Waals surface area contributed by atoms with Crippen molar-refractivity contribution in [2.75, 3.05) is 12.4 Å². The molecule has 112 valence electrons. The molecular weight excluding hydrogens is 274 g/mol. The van der Waals surface area contributed by atoms with E-state index in [4.69, 9.17) is 9.72 Å². The van der Waals surface area contributed by atoms with Gasteiger partial charge in [-0.2, -0.15) is 0 Å². The molecule has 0 unspecified atom stereocenters. The number of aromatic nitrogens is 2. The van der Waals surface area contributed by atoms with Crippen molar-refractivity contribution in [3.05, 3.63) is 48.5 Å². The Morgan fingerprint density at radius 1 is 0.955 bits per heavy atom. The van der Waals surface area contributed by atoms with Crippen LogP contribution in [0.4, 0.5) is 5.82 Å². The Kier molecular flexibility index (Phi) is 3.92. The van der Waals surface area contributed by atoms with Crippen molar-refractivity contribution >= 4 is 16.7 Å². The van der Waals surface area contributed by atoms with Gasteiger partial charge in [0, 0.05) is 17.0 Å². The molecule has 0 radical (unpaired) electrons. The van der Waals surface area contributed by atoms with Gasteiger partial charge in [0.1, 0.15) is 11.6 Å². The molecule has 3 aromatic rings. The zero-order valence-electron chi connectivity index (χ0n) is 13.0. The maximum Gasteiger partial charge on any atom is 0.162 e. The molecule has 0 bridgehead atoms. The molecule has 1 aromatic heterocycles. The number of rotatable bonds is 4. The molecule has 4 heteroatoms. The highest BCUT2D eigenvalue weighted by Gasteiger charge is 2.10. The quantitative estimate of drug-likeness (QED) is 0.786. The molecule has 2 aromatic carbocycles. The molecule has 4 nitrogen and oxygen atoms in total. The second-order valence-electron chi connectivity index (χ2n) is 5.44. The first-order valence-corrected chi connectivity index (χ1v) is 7.35. The van der Waals surface area contributed by atoms with Crippen molar-refractivity contribution in [2.45, 2.75) is 19.9 Å². The van der Waals surface area contributed by atoms with E-state index in [1.165, 1.54) is 0 Å². The molecule has 0 amide bonds. The predicted molar refractivity (Wildman–Crippen MR) is 90.3 cm³/mol. The number of benzene rings is 2. The van der Waals surface area contributed by atoms with Crippen molar-refractivity contribution in [1.29, 1.82) is 0 Å². The standard InChI is InChI=1S/C18H19N3O/c1-12(2)19-18-15-6-4-5-7-16(15)20-17(21-18)13-8-10-14(22-3)11-9-13/h4-12H,1-3H3,(H,19,20,21). The average Bonchev–Trinajstić information content (AvgIpc) is 2.54. The monoisotopic (exact) mass is 293 g/mol. The van der Waals surface area contributed by atoms with Gasteiger partial charge in [0.05, 0.1) is 12.6 Å². The molecule has 0 aliphatic rings. The van der Waals surface area contributed by atoms with E-state index < -0.39 is 0 Å². The first-order valence-electron chi connectivity index (χ1n) is 7.35. The van der Waals surface area contributed by atoms with Crippen LogP contribution in [0, 0.1) is 0 Å². The van der Waals surface area contributed by atoms with Gasteiger partial charge < -0.3 is 10.1 Å². The predicted octanol–water partition coefficient (Wildman–Crippen LogP) is 4.13. The lowest BCUT2D eigenvalue weighted by atomic mass is 10.1. The highest BCUT2D eigenvalue weighted by molar-refractivity contribution is 5.90. The third-order valence-electron chi connectivity index (χ3n) is 3.38. The van der Waals surface area contributed by atoms with Gasteiger partial charge in [-0.15, -0.1) is 0 Å². The molecule has 0 fully saturated rings. The van der Waals surface area contributed by atoms with Crippen LogP contribution < -0.4 is 10.1 Å². The maximum atomic E-state index is 5.20. The van der Waals surface area contributed by atoms with E-state index in [2.05, 4.69) is 24.1 Å². The molecule has 3 rings (SSSR count). The molecule has 0 aliphatic carbocycles. The average molecular weight is 293 g/mol. The molecular formula is C18H19N3O. The Labute approximate surface area is 130 Å². The summed E-state index contributed by atoms with van der Waals surface area (Å²) >= 11 is 0. The first-order chi connectivity index (χ1) is 10.7. The zero-order chi connectivity index (χ0) is 15.5. The summed E-state index contributed by atoms with van der Waals surface area (Å²) in [5.74, 6) is 2.40. The van der Waals surface area contributed by atoms with E-state index in [1.54, 1.807) is 7.11 Å². The summed E-state index contributed by atoms with van der Waals surface area (Å²) in [6.07, 6.45) is 0. The molecule has 22 heavy (non-hydrogen) atoms. The summed E-state index contributed by atoms with van der Waals surface area (Å²) in [6.45, 7) is 4.20. The van der Waals surface area contributed by atoms with Crippen LogP contribution in [-0.4, -0.2) is 23.1 Å². The number of ether oxygens (including phenoxy) is 1. The number of methoxy groups -OCH3 is 1. The van der Waals surface area contributed by atoms with E-state index in [1.807, 2.05) is 48.5 Å². The number of fused-ring (bicyclic) bond motifs is 1. The minimum absolute atomic E-state index is 0.307. The number of nitrogens with one attached hydrogen (secondary N) is 1. The second kappa shape index (κ2) is 6.02. The van der Waals surface area contributed by atoms with Crippen molar-refractivity contribution in [2.24, 2.45) is 0 Å². The maximum absolute atomic E-state index is 5.20. The number of hydrogen-bond donors (Lipinski definition) is 1. The Bertz CT molecular complexity index is 782. The zero-order valence-corrected chi connectivity index (χ0v) is 13.0. The summed E-state index contributed by atoms with van der Waals surface area (Å²) in [6, 6.07) is 16.1. The second-order valence-corrected chi connectivity index (χ2v) is 5.44. The normalized spacial score (nSPS) is 10.9. The fourth-order valence-electron chi connectivity index (χ4n) is 2.33.